The molecule has 3 saturated carbocycles. The standard InChI is InChI=1S/C56H88O32S3/c1-24(2)12-11-17-55(9)46-29(80-26(4)57)20-54(8)28-13-14-33-52(5,6)34(16-18-53(33,7)27(28)15-19-56(46,54)51(65)87-55)83-50-45(37(60)32(21-76-50)88-91(72,73)74)86-47-39(62)38(61)42(25(3)79-47)84-49-41(64)44(36(59)31(82-49)23-78-90(69,70)71)85-48-40(63)43(75-10)35(58)30(81-48)22-77-89(66,67)68/h13,25,27,29-50,58-64H,1,11-12,14-23H2,2-10H3,(H,66,67,68)(H,69,70,71)(H,72,73,74). The Kier molecular flexibility index (Phi) is 21.3. The number of hydrogen-bond donors (Lipinski definition) is 10. The van der Waals surface area contributed by atoms with Crippen LogP contribution < -0.4 is 0 Å². The van der Waals surface area contributed by atoms with E-state index in [9.17, 15) is 79.7 Å². The van der Waals surface area contributed by atoms with Gasteiger partial charge in [-0.15, -0.1) is 6.58 Å². The summed E-state index contributed by atoms with van der Waals surface area (Å²) in [5, 5.41) is 80.4. The quantitative estimate of drug-likeness (QED) is 0.0376. The number of fused-ring (bicyclic) bond motifs is 4. The number of aliphatic hydroxyl groups is 7. The van der Waals surface area contributed by atoms with Gasteiger partial charge in [-0.3, -0.25) is 23.2 Å². The van der Waals surface area contributed by atoms with Crippen molar-refractivity contribution >= 4 is 43.1 Å². The fourth-order valence-electron chi connectivity index (χ4n) is 16.9. The second kappa shape index (κ2) is 26.7. The fraction of sp³-hybridized carbons (Fsp3) is 0.893. The number of ether oxygens (including phenoxy) is 11. The Morgan fingerprint density at radius 3 is 1.82 bits per heavy atom. The molecule has 91 heavy (non-hydrogen) atoms. The van der Waals surface area contributed by atoms with Crippen molar-refractivity contribution in [3.8, 4) is 0 Å². The second-order valence-electron chi connectivity index (χ2n) is 27.1. The van der Waals surface area contributed by atoms with E-state index in [1.54, 1.807) is 0 Å². The van der Waals surface area contributed by atoms with Crippen molar-refractivity contribution in [3.63, 3.8) is 0 Å². The molecule has 35 heteroatoms. The van der Waals surface area contributed by atoms with Gasteiger partial charge in [0.2, 0.25) is 0 Å². The SMILES string of the molecule is C=C(C)CCCC1(C)OC(=O)C23CCC4C(=CCC5C(C)(C)C(OC6OCC(OS(=O)(=O)O)C(O)C6OC6OC(C)C(OC7OC(COS(=O)(=O)O)C(O)C(OC8OC(COS(=O)(=O)O)C(O)C(OC)C8O)C7O)C(O)C6O)CCC45C)C2(C)CC(OC(C)=O)C13. The van der Waals surface area contributed by atoms with E-state index in [0.29, 0.717) is 44.9 Å². The Morgan fingerprint density at radius 1 is 0.681 bits per heavy atom. The Morgan fingerprint density at radius 2 is 1.25 bits per heavy atom. The number of carbonyl (C=O) groups is 2. The molecular formula is C56H88O32S3. The molecule has 28 atom stereocenters. The summed E-state index contributed by atoms with van der Waals surface area (Å²) in [5.41, 5.74) is -1.53. The molecule has 1 spiro atoms. The van der Waals surface area contributed by atoms with Crippen LogP contribution in [0.3, 0.4) is 0 Å². The van der Waals surface area contributed by atoms with Crippen molar-refractivity contribution in [2.75, 3.05) is 26.9 Å². The van der Waals surface area contributed by atoms with Crippen molar-refractivity contribution in [1.82, 2.24) is 0 Å². The molecule has 5 saturated heterocycles. The zero-order valence-corrected chi connectivity index (χ0v) is 54.3. The molecule has 0 radical (unpaired) electrons. The van der Waals surface area contributed by atoms with Crippen LogP contribution >= 0.6 is 0 Å². The molecule has 32 nitrogen and oxygen atoms in total. The lowest BCUT2D eigenvalue weighted by Crippen LogP contribution is -2.67. The van der Waals surface area contributed by atoms with Gasteiger partial charge in [-0.25, -0.2) is 12.5 Å². The molecule has 0 bridgehead atoms. The summed E-state index contributed by atoms with van der Waals surface area (Å²) >= 11 is 0. The summed E-state index contributed by atoms with van der Waals surface area (Å²) in [4.78, 5) is 27.5. The molecular weight excluding hydrogens is 1280 g/mol. The van der Waals surface area contributed by atoms with E-state index in [2.05, 4.69) is 34.9 Å². The van der Waals surface area contributed by atoms with Gasteiger partial charge in [0.25, 0.3) is 0 Å². The van der Waals surface area contributed by atoms with Crippen LogP contribution in [0.5, 0.6) is 0 Å². The van der Waals surface area contributed by atoms with E-state index in [4.69, 9.17) is 60.8 Å². The van der Waals surface area contributed by atoms with E-state index in [1.807, 2.05) is 27.7 Å². The number of allylic oxidation sites excluding steroid dienone is 3. The van der Waals surface area contributed by atoms with Crippen molar-refractivity contribution in [1.29, 1.82) is 0 Å². The number of carbonyl (C=O) groups excluding carboxylic acids is 2. The first-order valence-electron chi connectivity index (χ1n) is 30.3. The van der Waals surface area contributed by atoms with Crippen LogP contribution in [0.2, 0.25) is 0 Å². The van der Waals surface area contributed by atoms with Gasteiger partial charge in [0.05, 0.1) is 43.4 Å². The predicted molar refractivity (Wildman–Crippen MR) is 303 cm³/mol. The zero-order valence-electron chi connectivity index (χ0n) is 51.8. The van der Waals surface area contributed by atoms with Gasteiger partial charge in [-0.05, 0) is 101 Å². The highest BCUT2D eigenvalue weighted by molar-refractivity contribution is 7.81. The molecule has 0 amide bonds. The first-order valence-corrected chi connectivity index (χ1v) is 34.3. The molecule has 4 aliphatic carbocycles. The minimum atomic E-state index is -5.26. The number of methoxy groups -OCH3 is 1. The highest BCUT2D eigenvalue weighted by Crippen LogP contribution is 2.77. The highest BCUT2D eigenvalue weighted by Gasteiger charge is 2.79. The van der Waals surface area contributed by atoms with Crippen LogP contribution in [-0.4, -0.2) is 248 Å². The Hall–Kier alpha value is -2.61. The van der Waals surface area contributed by atoms with E-state index in [-0.39, 0.29) is 23.2 Å². The summed E-state index contributed by atoms with van der Waals surface area (Å²) in [7, 11) is -14.6. The third kappa shape index (κ3) is 14.1. The van der Waals surface area contributed by atoms with Crippen molar-refractivity contribution in [2.45, 2.75) is 248 Å². The third-order valence-corrected chi connectivity index (χ3v) is 22.4. The Balaban J connectivity index is 0.926. The first-order chi connectivity index (χ1) is 42.1. The number of cyclic esters (lactones) is 1. The van der Waals surface area contributed by atoms with Gasteiger partial charge in [0.15, 0.2) is 25.2 Å². The number of aliphatic hydroxyl groups excluding tert-OH is 7. The van der Waals surface area contributed by atoms with Crippen LogP contribution in [0, 0.1) is 39.4 Å². The van der Waals surface area contributed by atoms with Gasteiger partial charge in [0.1, 0.15) is 97.2 Å². The molecule has 522 valence electrons. The third-order valence-electron chi connectivity index (χ3n) is 21.0. The summed E-state index contributed by atoms with van der Waals surface area (Å²) in [5.74, 6) is -1.22. The summed E-state index contributed by atoms with van der Waals surface area (Å²) in [6.45, 7) is 16.1. The second-order valence-corrected chi connectivity index (χ2v) is 30.3. The molecule has 28 unspecified atom stereocenters. The molecule has 0 aromatic rings. The van der Waals surface area contributed by atoms with Gasteiger partial charge >= 0.3 is 43.1 Å². The topological polar surface area (TPSA) is 468 Å². The van der Waals surface area contributed by atoms with Gasteiger partial charge in [0, 0.05) is 19.4 Å². The first kappa shape index (κ1) is 72.7. The average Bonchev–Trinajstić information content (AvgIpc) is 1.52. The average molecular weight is 1370 g/mol. The van der Waals surface area contributed by atoms with Crippen LogP contribution in [0.25, 0.3) is 0 Å². The van der Waals surface area contributed by atoms with E-state index < -0.39 is 214 Å². The zero-order chi connectivity index (χ0) is 67.3. The molecule has 9 aliphatic rings. The van der Waals surface area contributed by atoms with Crippen LogP contribution in [0.4, 0.5) is 0 Å². The number of esters is 2. The van der Waals surface area contributed by atoms with E-state index >= 15 is 0 Å². The van der Waals surface area contributed by atoms with Crippen LogP contribution in [-0.2, 0) is 105 Å². The number of hydrogen-bond acceptors (Lipinski definition) is 29. The molecule has 5 aliphatic heterocycles. The minimum absolute atomic E-state index is 0.0194. The fourth-order valence-corrected chi connectivity index (χ4v) is 18.0. The number of rotatable bonds is 22. The van der Waals surface area contributed by atoms with Gasteiger partial charge in [-0.1, -0.05) is 44.9 Å². The summed E-state index contributed by atoms with van der Waals surface area (Å²) in [6, 6.07) is 0. The lowest BCUT2D eigenvalue weighted by Gasteiger charge is -2.64. The smallest absolute Gasteiger partial charge is 0.397 e. The van der Waals surface area contributed by atoms with Crippen molar-refractivity contribution < 1.29 is 149 Å². The maximum Gasteiger partial charge on any atom is 0.397 e. The van der Waals surface area contributed by atoms with Crippen molar-refractivity contribution in [3.05, 3.63) is 23.8 Å². The van der Waals surface area contributed by atoms with E-state index in [0.717, 1.165) is 31.1 Å². The normalized spacial score (nSPS) is 46.6. The van der Waals surface area contributed by atoms with Gasteiger partial charge < -0.3 is 87.9 Å². The van der Waals surface area contributed by atoms with E-state index in [1.165, 1.54) is 13.8 Å². The Bertz CT molecular complexity index is 3040. The molecule has 10 N–H and O–H groups in total. The highest BCUT2D eigenvalue weighted by atomic mass is 32.3. The van der Waals surface area contributed by atoms with Crippen molar-refractivity contribution in [2.24, 2.45) is 39.4 Å². The van der Waals surface area contributed by atoms with Crippen LogP contribution in [0.1, 0.15) is 113 Å². The molecule has 0 aromatic carbocycles. The maximum absolute atomic E-state index is 14.7. The monoisotopic (exact) mass is 1370 g/mol. The largest absolute Gasteiger partial charge is 0.462 e. The predicted octanol–water partition coefficient (Wildman–Crippen LogP) is -0.365. The Labute approximate surface area is 527 Å². The maximum atomic E-state index is 14.7. The minimum Gasteiger partial charge on any atom is -0.462 e. The molecule has 0 aromatic heterocycles. The summed E-state index contributed by atoms with van der Waals surface area (Å²) in [6.07, 6.45) is -30.7. The summed E-state index contributed by atoms with van der Waals surface area (Å²) < 4.78 is 178. The molecule has 9 rings (SSSR count). The lowest BCUT2D eigenvalue weighted by atomic mass is 9.41. The lowest BCUT2D eigenvalue weighted by molar-refractivity contribution is -0.389. The molecule has 5 heterocycles. The molecule has 8 fully saturated rings. The van der Waals surface area contributed by atoms with Crippen LogP contribution in [0.15, 0.2) is 23.8 Å². The van der Waals surface area contributed by atoms with Gasteiger partial charge in [-0.2, -0.15) is 25.3 Å².